The zero-order valence-electron chi connectivity index (χ0n) is 21.2. The summed E-state index contributed by atoms with van der Waals surface area (Å²) in [6.45, 7) is 2.29. The fourth-order valence-electron chi connectivity index (χ4n) is 4.00. The third-order valence-electron chi connectivity index (χ3n) is 5.71. The van der Waals surface area contributed by atoms with Gasteiger partial charge < -0.3 is 14.2 Å². The van der Waals surface area contributed by atoms with E-state index < -0.39 is 15.6 Å². The molecule has 0 aliphatic heterocycles. The standard InChI is InChI=1S/C26H23ClN6O5S/c1-4-38-21-12-5-9-17(29-21)25-32-24-26(33(25)22-19(36-2)10-6-11-20(22)37-3)30-18(23(27)31-24)15-39(34,35)16-8-7-13-28-14-16/h5-14H,4,15H2,1-3H3. The van der Waals surface area contributed by atoms with Crippen molar-refractivity contribution in [1.82, 2.24) is 29.5 Å². The zero-order valence-corrected chi connectivity index (χ0v) is 22.8. The summed E-state index contributed by atoms with van der Waals surface area (Å²) in [5.41, 5.74) is 1.38. The second-order valence-corrected chi connectivity index (χ2v) is 10.5. The van der Waals surface area contributed by atoms with E-state index in [9.17, 15) is 8.42 Å². The van der Waals surface area contributed by atoms with E-state index in [0.29, 0.717) is 41.2 Å². The molecule has 5 aromatic rings. The van der Waals surface area contributed by atoms with Crippen LogP contribution in [-0.2, 0) is 15.6 Å². The molecule has 0 N–H and O–H groups in total. The van der Waals surface area contributed by atoms with Crippen LogP contribution in [0.5, 0.6) is 17.4 Å². The van der Waals surface area contributed by atoms with Crippen molar-refractivity contribution in [2.24, 2.45) is 0 Å². The molecule has 0 aliphatic carbocycles. The molecular weight excluding hydrogens is 544 g/mol. The number of fused-ring (bicyclic) bond motifs is 1. The maximum atomic E-state index is 13.1. The maximum Gasteiger partial charge on any atom is 0.213 e. The quantitative estimate of drug-likeness (QED) is 0.254. The number of nitrogens with zero attached hydrogens (tertiary/aromatic N) is 6. The van der Waals surface area contributed by atoms with E-state index in [1.807, 2.05) is 6.92 Å². The molecule has 0 radical (unpaired) electrons. The summed E-state index contributed by atoms with van der Waals surface area (Å²) < 4.78 is 44.8. The number of ether oxygens (including phenoxy) is 3. The highest BCUT2D eigenvalue weighted by atomic mass is 35.5. The lowest BCUT2D eigenvalue weighted by Crippen LogP contribution is -2.10. The second-order valence-electron chi connectivity index (χ2n) is 8.13. The van der Waals surface area contributed by atoms with Gasteiger partial charge in [-0.15, -0.1) is 0 Å². The maximum absolute atomic E-state index is 13.1. The summed E-state index contributed by atoms with van der Waals surface area (Å²) in [7, 11) is -0.768. The highest BCUT2D eigenvalue weighted by Crippen LogP contribution is 2.38. The average molecular weight is 567 g/mol. The molecule has 1 aromatic carbocycles. The van der Waals surface area contributed by atoms with Gasteiger partial charge in [0.25, 0.3) is 0 Å². The van der Waals surface area contributed by atoms with Gasteiger partial charge in [-0.1, -0.05) is 23.7 Å². The number of sulfone groups is 1. The summed E-state index contributed by atoms with van der Waals surface area (Å²) in [5, 5.41) is -0.0887. The van der Waals surface area contributed by atoms with Gasteiger partial charge in [0, 0.05) is 18.5 Å². The molecule has 0 atom stereocenters. The Bertz CT molecular complexity index is 1740. The van der Waals surface area contributed by atoms with E-state index >= 15 is 0 Å². The van der Waals surface area contributed by atoms with Crippen LogP contribution in [0.15, 0.2) is 65.8 Å². The molecule has 0 amide bonds. The third-order valence-corrected chi connectivity index (χ3v) is 7.62. The minimum absolute atomic E-state index is 0.0421. The third kappa shape index (κ3) is 5.08. The molecule has 4 aromatic heterocycles. The van der Waals surface area contributed by atoms with Crippen molar-refractivity contribution >= 4 is 32.7 Å². The van der Waals surface area contributed by atoms with E-state index in [2.05, 4.69) is 24.9 Å². The van der Waals surface area contributed by atoms with Crippen LogP contribution < -0.4 is 14.2 Å². The molecule has 200 valence electrons. The van der Waals surface area contributed by atoms with Gasteiger partial charge in [0.15, 0.2) is 32.1 Å². The number of aromatic nitrogens is 6. The van der Waals surface area contributed by atoms with E-state index in [1.165, 1.54) is 32.7 Å². The van der Waals surface area contributed by atoms with Crippen LogP contribution in [-0.4, -0.2) is 58.7 Å². The smallest absolute Gasteiger partial charge is 0.213 e. The Labute approximate surface area is 229 Å². The number of methoxy groups -OCH3 is 2. The minimum Gasteiger partial charge on any atom is -0.494 e. The first-order valence-corrected chi connectivity index (χ1v) is 13.8. The Morgan fingerprint density at radius 1 is 0.923 bits per heavy atom. The highest BCUT2D eigenvalue weighted by Gasteiger charge is 2.26. The molecule has 0 unspecified atom stereocenters. The monoisotopic (exact) mass is 566 g/mol. The second kappa shape index (κ2) is 10.8. The van der Waals surface area contributed by atoms with Crippen LogP contribution in [0.25, 0.3) is 28.5 Å². The molecule has 4 heterocycles. The van der Waals surface area contributed by atoms with Crippen LogP contribution in [0.2, 0.25) is 5.15 Å². The molecular formula is C26H23ClN6O5S. The zero-order chi connectivity index (χ0) is 27.6. The van der Waals surface area contributed by atoms with Crippen molar-refractivity contribution in [3.05, 3.63) is 71.8 Å². The van der Waals surface area contributed by atoms with E-state index in [1.54, 1.807) is 47.0 Å². The Morgan fingerprint density at radius 3 is 2.33 bits per heavy atom. The van der Waals surface area contributed by atoms with Crippen LogP contribution in [0.1, 0.15) is 12.6 Å². The van der Waals surface area contributed by atoms with Gasteiger partial charge in [-0.2, -0.15) is 0 Å². The molecule has 5 rings (SSSR count). The van der Waals surface area contributed by atoms with Gasteiger partial charge in [-0.25, -0.2) is 28.4 Å². The Balaban J connectivity index is 1.78. The van der Waals surface area contributed by atoms with Crippen LogP contribution >= 0.6 is 11.6 Å². The topological polar surface area (TPSA) is 131 Å². The van der Waals surface area contributed by atoms with Gasteiger partial charge in [-0.3, -0.25) is 9.55 Å². The lowest BCUT2D eigenvalue weighted by molar-refractivity contribution is 0.327. The van der Waals surface area contributed by atoms with E-state index in [0.717, 1.165) is 0 Å². The first kappa shape index (κ1) is 26.3. The number of benzene rings is 1. The molecule has 0 saturated carbocycles. The largest absolute Gasteiger partial charge is 0.494 e. The van der Waals surface area contributed by atoms with Crippen molar-refractivity contribution < 1.29 is 22.6 Å². The number of imidazole rings is 1. The summed E-state index contributed by atoms with van der Waals surface area (Å²) >= 11 is 6.45. The predicted octanol–water partition coefficient (Wildman–Crippen LogP) is 4.32. The van der Waals surface area contributed by atoms with Crippen LogP contribution in [0.3, 0.4) is 0 Å². The van der Waals surface area contributed by atoms with Crippen LogP contribution in [0.4, 0.5) is 0 Å². The molecule has 11 nitrogen and oxygen atoms in total. The highest BCUT2D eigenvalue weighted by molar-refractivity contribution is 7.90. The van der Waals surface area contributed by atoms with Crippen LogP contribution in [0, 0.1) is 0 Å². The average Bonchev–Trinajstić information content (AvgIpc) is 3.31. The molecule has 0 aliphatic rings. The Morgan fingerprint density at radius 2 is 1.67 bits per heavy atom. The molecule has 39 heavy (non-hydrogen) atoms. The number of pyridine rings is 2. The first-order valence-electron chi connectivity index (χ1n) is 11.8. The first-order chi connectivity index (χ1) is 18.9. The summed E-state index contributed by atoms with van der Waals surface area (Å²) in [6.07, 6.45) is 2.77. The fourth-order valence-corrected chi connectivity index (χ4v) is 5.50. The Kier molecular flexibility index (Phi) is 7.31. The van der Waals surface area contributed by atoms with Crippen molar-refractivity contribution in [2.75, 3.05) is 20.8 Å². The molecule has 0 fully saturated rings. The summed E-state index contributed by atoms with van der Waals surface area (Å²) in [4.78, 5) is 22.3. The fraction of sp³-hybridized carbons (Fsp3) is 0.192. The van der Waals surface area contributed by atoms with Crippen molar-refractivity contribution in [2.45, 2.75) is 17.6 Å². The van der Waals surface area contributed by atoms with Gasteiger partial charge in [-0.05, 0) is 37.3 Å². The SMILES string of the molecule is CCOc1cccc(-c2nc3nc(Cl)c(CS(=O)(=O)c4cccnc4)nc3n2-c2c(OC)cccc2OC)n1. The van der Waals surface area contributed by atoms with Gasteiger partial charge in [0.05, 0.1) is 31.4 Å². The van der Waals surface area contributed by atoms with E-state index in [-0.39, 0.29) is 27.0 Å². The van der Waals surface area contributed by atoms with Gasteiger partial charge >= 0.3 is 0 Å². The minimum atomic E-state index is -3.82. The predicted molar refractivity (Wildman–Crippen MR) is 144 cm³/mol. The van der Waals surface area contributed by atoms with E-state index in [4.69, 9.17) is 25.8 Å². The molecule has 0 spiro atoms. The van der Waals surface area contributed by atoms with Gasteiger partial charge in [0.1, 0.15) is 28.6 Å². The van der Waals surface area contributed by atoms with Crippen molar-refractivity contribution in [3.63, 3.8) is 0 Å². The number of halogens is 1. The molecule has 0 bridgehead atoms. The molecule has 0 saturated heterocycles. The number of hydrogen-bond donors (Lipinski definition) is 0. The Hall–Kier alpha value is -4.29. The van der Waals surface area contributed by atoms with Crippen molar-refractivity contribution in [3.8, 4) is 34.6 Å². The lowest BCUT2D eigenvalue weighted by atomic mass is 10.2. The normalized spacial score (nSPS) is 11.5. The number of rotatable bonds is 9. The molecule has 13 heteroatoms. The number of para-hydroxylation sites is 1. The van der Waals surface area contributed by atoms with Gasteiger partial charge in [0.2, 0.25) is 5.88 Å². The summed E-state index contributed by atoms with van der Waals surface area (Å²) in [6, 6.07) is 13.6. The number of hydrogen-bond acceptors (Lipinski definition) is 10. The van der Waals surface area contributed by atoms with Crippen molar-refractivity contribution in [1.29, 1.82) is 0 Å². The lowest BCUT2D eigenvalue weighted by Gasteiger charge is -2.16. The summed E-state index contributed by atoms with van der Waals surface area (Å²) in [5.74, 6) is 1.16.